The molecule has 4 heteroatoms. The van der Waals surface area contributed by atoms with Crippen molar-refractivity contribution in [3.05, 3.63) is 47.5 Å². The molecule has 0 bridgehead atoms. The molecule has 0 aliphatic rings. The highest BCUT2D eigenvalue weighted by atomic mass is 15.3. The first kappa shape index (κ1) is 11.8. The summed E-state index contributed by atoms with van der Waals surface area (Å²) in [5, 5.41) is 4.52. The monoisotopic (exact) mass is 230 g/mol. The van der Waals surface area contributed by atoms with Crippen LogP contribution in [0.25, 0.3) is 0 Å². The van der Waals surface area contributed by atoms with Crippen LogP contribution in [-0.4, -0.2) is 20.8 Å². The van der Waals surface area contributed by atoms with Gasteiger partial charge in [-0.15, -0.1) is 0 Å². The summed E-state index contributed by atoms with van der Waals surface area (Å²) in [6.07, 6.45) is 3.58. The van der Waals surface area contributed by atoms with Gasteiger partial charge in [0.2, 0.25) is 0 Å². The van der Waals surface area contributed by atoms with E-state index >= 15 is 0 Å². The van der Waals surface area contributed by atoms with Crippen molar-refractivity contribution in [3.63, 3.8) is 0 Å². The number of aromatic nitrogens is 3. The molecule has 0 saturated carbocycles. The molecule has 2 heterocycles. The van der Waals surface area contributed by atoms with Crippen molar-refractivity contribution in [1.82, 2.24) is 14.8 Å². The van der Waals surface area contributed by atoms with E-state index in [1.807, 2.05) is 30.7 Å². The van der Waals surface area contributed by atoms with E-state index in [2.05, 4.69) is 23.1 Å². The van der Waals surface area contributed by atoms with E-state index < -0.39 is 0 Å². The summed E-state index contributed by atoms with van der Waals surface area (Å²) in [6.45, 7) is 6.05. The van der Waals surface area contributed by atoms with Crippen LogP contribution in [0.5, 0.6) is 0 Å². The summed E-state index contributed by atoms with van der Waals surface area (Å²) < 4.78 is 2.00. The van der Waals surface area contributed by atoms with Gasteiger partial charge in [-0.2, -0.15) is 5.10 Å². The first-order chi connectivity index (χ1) is 8.09. The number of nitrogens with two attached hydrogens (primary N) is 1. The second-order valence-electron chi connectivity index (χ2n) is 4.46. The Morgan fingerprint density at radius 3 is 2.35 bits per heavy atom. The lowest BCUT2D eigenvalue weighted by molar-refractivity contribution is 0.443. The standard InChI is InChI=1S/C13H18N4/c1-9-8-10(2)17(16-9)13(11(3)14)12-4-6-15-7-5-12/h4-8,11,13H,14H2,1-3H3. The minimum absolute atomic E-state index is 0.00426. The second kappa shape index (κ2) is 4.67. The average molecular weight is 230 g/mol. The topological polar surface area (TPSA) is 56.7 Å². The van der Waals surface area contributed by atoms with Gasteiger partial charge in [0.25, 0.3) is 0 Å². The largest absolute Gasteiger partial charge is 0.326 e. The van der Waals surface area contributed by atoms with Crippen LogP contribution in [0.15, 0.2) is 30.6 Å². The van der Waals surface area contributed by atoms with E-state index in [0.29, 0.717) is 0 Å². The molecule has 90 valence electrons. The number of nitrogens with zero attached hydrogens (tertiary/aromatic N) is 3. The van der Waals surface area contributed by atoms with Crippen molar-refractivity contribution < 1.29 is 0 Å². The molecule has 2 atom stereocenters. The van der Waals surface area contributed by atoms with Crippen molar-refractivity contribution in [1.29, 1.82) is 0 Å². The van der Waals surface area contributed by atoms with Crippen molar-refractivity contribution in [2.24, 2.45) is 5.73 Å². The van der Waals surface area contributed by atoms with Gasteiger partial charge in [-0.1, -0.05) is 0 Å². The first-order valence-electron chi connectivity index (χ1n) is 5.78. The Balaban J connectivity index is 2.47. The number of hydrogen-bond acceptors (Lipinski definition) is 3. The van der Waals surface area contributed by atoms with E-state index in [-0.39, 0.29) is 12.1 Å². The Labute approximate surface area is 101 Å². The molecule has 0 aromatic carbocycles. The molecule has 0 spiro atoms. The van der Waals surface area contributed by atoms with Gasteiger partial charge in [-0.3, -0.25) is 9.67 Å². The maximum atomic E-state index is 6.10. The van der Waals surface area contributed by atoms with Gasteiger partial charge in [0.05, 0.1) is 11.7 Å². The fourth-order valence-electron chi connectivity index (χ4n) is 2.16. The summed E-state index contributed by atoms with van der Waals surface area (Å²) in [7, 11) is 0. The van der Waals surface area contributed by atoms with Crippen LogP contribution < -0.4 is 5.73 Å². The van der Waals surface area contributed by atoms with Crippen molar-refractivity contribution >= 4 is 0 Å². The van der Waals surface area contributed by atoms with E-state index in [9.17, 15) is 0 Å². The Hall–Kier alpha value is -1.68. The van der Waals surface area contributed by atoms with Crippen LogP contribution >= 0.6 is 0 Å². The zero-order valence-corrected chi connectivity index (χ0v) is 10.5. The van der Waals surface area contributed by atoms with Crippen molar-refractivity contribution in [2.75, 3.05) is 0 Å². The number of hydrogen-bond donors (Lipinski definition) is 1. The maximum absolute atomic E-state index is 6.10. The molecule has 17 heavy (non-hydrogen) atoms. The van der Waals surface area contributed by atoms with E-state index in [4.69, 9.17) is 5.73 Å². The number of rotatable bonds is 3. The Morgan fingerprint density at radius 2 is 1.88 bits per heavy atom. The minimum Gasteiger partial charge on any atom is -0.326 e. The Morgan fingerprint density at radius 1 is 1.24 bits per heavy atom. The summed E-state index contributed by atoms with van der Waals surface area (Å²) >= 11 is 0. The molecule has 2 aromatic rings. The lowest BCUT2D eigenvalue weighted by Crippen LogP contribution is -2.31. The van der Waals surface area contributed by atoms with Crippen LogP contribution in [0.4, 0.5) is 0 Å². The molecular formula is C13H18N4. The van der Waals surface area contributed by atoms with Gasteiger partial charge >= 0.3 is 0 Å². The van der Waals surface area contributed by atoms with Crippen LogP contribution in [-0.2, 0) is 0 Å². The second-order valence-corrected chi connectivity index (χ2v) is 4.46. The Kier molecular flexibility index (Phi) is 3.24. The predicted octanol–water partition coefficient (Wildman–Crippen LogP) is 1.83. The van der Waals surface area contributed by atoms with E-state index in [0.717, 1.165) is 17.0 Å². The fraction of sp³-hybridized carbons (Fsp3) is 0.385. The summed E-state index contributed by atoms with van der Waals surface area (Å²) in [4.78, 5) is 4.04. The summed E-state index contributed by atoms with van der Waals surface area (Å²) in [5.41, 5.74) is 9.38. The highest BCUT2D eigenvalue weighted by Gasteiger charge is 2.20. The molecule has 4 nitrogen and oxygen atoms in total. The highest BCUT2D eigenvalue weighted by molar-refractivity contribution is 5.20. The zero-order chi connectivity index (χ0) is 12.4. The lowest BCUT2D eigenvalue weighted by Gasteiger charge is -2.23. The summed E-state index contributed by atoms with van der Waals surface area (Å²) in [6, 6.07) is 6.10. The lowest BCUT2D eigenvalue weighted by atomic mass is 10.0. The third kappa shape index (κ3) is 2.36. The third-order valence-electron chi connectivity index (χ3n) is 2.85. The molecule has 0 aliphatic heterocycles. The average Bonchev–Trinajstić information content (AvgIpc) is 2.59. The molecule has 0 radical (unpaired) electrons. The highest BCUT2D eigenvalue weighted by Crippen LogP contribution is 2.22. The molecule has 2 unspecified atom stereocenters. The minimum atomic E-state index is -0.00426. The van der Waals surface area contributed by atoms with Crippen LogP contribution in [0, 0.1) is 13.8 Å². The van der Waals surface area contributed by atoms with Gasteiger partial charge in [-0.25, -0.2) is 0 Å². The number of pyridine rings is 1. The molecule has 2 N–H and O–H groups in total. The SMILES string of the molecule is Cc1cc(C)n(C(c2ccncc2)C(C)N)n1. The maximum Gasteiger partial charge on any atom is 0.0920 e. The predicted molar refractivity (Wildman–Crippen MR) is 67.7 cm³/mol. The van der Waals surface area contributed by atoms with Gasteiger partial charge in [0.15, 0.2) is 0 Å². The van der Waals surface area contributed by atoms with E-state index in [1.54, 1.807) is 12.4 Å². The zero-order valence-electron chi connectivity index (χ0n) is 10.5. The molecule has 0 aliphatic carbocycles. The molecule has 2 aromatic heterocycles. The van der Waals surface area contributed by atoms with Gasteiger partial charge < -0.3 is 5.73 Å². The van der Waals surface area contributed by atoms with Crippen molar-refractivity contribution in [2.45, 2.75) is 32.9 Å². The molecule has 2 rings (SSSR count). The Bertz CT molecular complexity index is 487. The third-order valence-corrected chi connectivity index (χ3v) is 2.85. The number of aryl methyl sites for hydroxylation is 2. The smallest absolute Gasteiger partial charge is 0.0920 e. The van der Waals surface area contributed by atoms with Gasteiger partial charge in [0, 0.05) is 24.1 Å². The van der Waals surface area contributed by atoms with E-state index in [1.165, 1.54) is 0 Å². The van der Waals surface area contributed by atoms with Crippen LogP contribution in [0.3, 0.4) is 0 Å². The van der Waals surface area contributed by atoms with Gasteiger partial charge in [0.1, 0.15) is 0 Å². The van der Waals surface area contributed by atoms with Gasteiger partial charge in [-0.05, 0) is 44.5 Å². The first-order valence-corrected chi connectivity index (χ1v) is 5.78. The molecule has 0 fully saturated rings. The summed E-state index contributed by atoms with van der Waals surface area (Å²) in [5.74, 6) is 0. The van der Waals surface area contributed by atoms with Crippen LogP contribution in [0.1, 0.15) is 29.9 Å². The van der Waals surface area contributed by atoms with Crippen molar-refractivity contribution in [3.8, 4) is 0 Å². The molecule has 0 amide bonds. The fourth-order valence-corrected chi connectivity index (χ4v) is 2.16. The normalized spacial score (nSPS) is 14.6. The van der Waals surface area contributed by atoms with Crippen LogP contribution in [0.2, 0.25) is 0 Å². The quantitative estimate of drug-likeness (QED) is 0.875. The molecule has 0 saturated heterocycles. The molecular weight excluding hydrogens is 212 g/mol.